The minimum Gasteiger partial charge on any atom is -0.503 e. The van der Waals surface area contributed by atoms with Gasteiger partial charge in [0.2, 0.25) is 0 Å². The number of esters is 1. The fourth-order valence-corrected chi connectivity index (χ4v) is 3.54. The summed E-state index contributed by atoms with van der Waals surface area (Å²) in [4.78, 5) is 28.9. The first kappa shape index (κ1) is 24.9. The molecule has 0 bridgehead atoms. The van der Waals surface area contributed by atoms with Crippen molar-refractivity contribution < 1.29 is 33.3 Å². The summed E-state index contributed by atoms with van der Waals surface area (Å²) in [5.74, 6) is -2.39. The molecule has 0 fully saturated rings. The molecule has 32 heavy (non-hydrogen) atoms. The van der Waals surface area contributed by atoms with Crippen LogP contribution in [-0.4, -0.2) is 48.3 Å². The van der Waals surface area contributed by atoms with Crippen LogP contribution in [0.2, 0.25) is 0 Å². The Balaban J connectivity index is 2.10. The smallest absolute Gasteiger partial charge is 0.328 e. The molecule has 1 amide bonds. The van der Waals surface area contributed by atoms with Crippen molar-refractivity contribution in [3.63, 3.8) is 0 Å². The third-order valence-corrected chi connectivity index (χ3v) is 5.11. The van der Waals surface area contributed by atoms with E-state index in [1.54, 1.807) is 13.0 Å². The predicted molar refractivity (Wildman–Crippen MR) is 115 cm³/mol. The number of rotatable bonds is 9. The van der Waals surface area contributed by atoms with Gasteiger partial charge in [-0.2, -0.15) is 0 Å². The maximum atomic E-state index is 14.2. The highest BCUT2D eigenvalue weighted by molar-refractivity contribution is 5.97. The predicted octanol–water partition coefficient (Wildman–Crippen LogP) is 3.43. The third kappa shape index (κ3) is 5.66. The second-order valence-electron chi connectivity index (χ2n) is 7.71. The van der Waals surface area contributed by atoms with E-state index in [9.17, 15) is 19.1 Å². The van der Waals surface area contributed by atoms with Gasteiger partial charge in [-0.25, -0.2) is 14.2 Å². The van der Waals surface area contributed by atoms with E-state index in [2.05, 4.69) is 10.3 Å². The van der Waals surface area contributed by atoms with Gasteiger partial charge in [-0.1, -0.05) is 19.9 Å². The number of benzene rings is 1. The molecule has 0 radical (unpaired) electrons. The van der Waals surface area contributed by atoms with Gasteiger partial charge in [0, 0.05) is 18.2 Å². The Morgan fingerprint density at radius 3 is 2.28 bits per heavy atom. The lowest BCUT2D eigenvalue weighted by Gasteiger charge is -2.29. The minimum atomic E-state index is -1.02. The molecule has 1 heterocycles. The first-order valence-electron chi connectivity index (χ1n) is 10.2. The van der Waals surface area contributed by atoms with Gasteiger partial charge in [0.1, 0.15) is 12.1 Å². The van der Waals surface area contributed by atoms with E-state index >= 15 is 0 Å². The van der Waals surface area contributed by atoms with Crippen LogP contribution in [0, 0.1) is 11.7 Å². The molecule has 9 heteroatoms. The van der Waals surface area contributed by atoms with E-state index in [1.807, 2.05) is 13.8 Å². The summed E-state index contributed by atoms with van der Waals surface area (Å²) in [6.45, 7) is 7.06. The molecule has 2 N–H and O–H groups in total. The molecule has 0 saturated carbocycles. The van der Waals surface area contributed by atoms with E-state index in [0.29, 0.717) is 5.56 Å². The number of aromatic nitrogens is 1. The molecule has 2 rings (SSSR count). The lowest BCUT2D eigenvalue weighted by atomic mass is 9.84. The van der Waals surface area contributed by atoms with Crippen molar-refractivity contribution in [2.75, 3.05) is 14.2 Å². The van der Waals surface area contributed by atoms with Crippen molar-refractivity contribution in [2.45, 2.75) is 45.8 Å². The number of pyridine rings is 1. The molecule has 0 aliphatic carbocycles. The molecule has 0 spiro atoms. The quantitative estimate of drug-likeness (QED) is 0.566. The van der Waals surface area contributed by atoms with Gasteiger partial charge in [-0.05, 0) is 37.5 Å². The van der Waals surface area contributed by atoms with Gasteiger partial charge in [0.05, 0.1) is 14.2 Å². The minimum absolute atomic E-state index is 0.0356. The van der Waals surface area contributed by atoms with Crippen molar-refractivity contribution in [1.29, 1.82) is 0 Å². The van der Waals surface area contributed by atoms with Crippen LogP contribution in [0.15, 0.2) is 30.5 Å². The number of hydrogen-bond acceptors (Lipinski definition) is 7. The molecule has 3 atom stereocenters. The summed E-state index contributed by atoms with van der Waals surface area (Å²) in [6, 6.07) is 5.03. The number of nitrogens with one attached hydrogen (secondary N) is 1. The number of ether oxygens (including phenoxy) is 3. The second-order valence-corrected chi connectivity index (χ2v) is 7.71. The molecular weight excluding hydrogens is 419 g/mol. The zero-order valence-electron chi connectivity index (χ0n) is 19.0. The Bertz CT molecular complexity index is 965. The molecule has 2 aromatic rings. The Labute approximate surface area is 186 Å². The lowest BCUT2D eigenvalue weighted by molar-refractivity contribution is -0.151. The largest absolute Gasteiger partial charge is 0.503 e. The van der Waals surface area contributed by atoms with E-state index < -0.39 is 35.6 Å². The zero-order chi connectivity index (χ0) is 24.0. The number of aromatic hydroxyl groups is 1. The van der Waals surface area contributed by atoms with Crippen LogP contribution in [-0.2, 0) is 9.53 Å². The van der Waals surface area contributed by atoms with Crippen molar-refractivity contribution in [1.82, 2.24) is 10.3 Å². The highest BCUT2D eigenvalue weighted by Gasteiger charge is 2.29. The summed E-state index contributed by atoms with van der Waals surface area (Å²) in [5.41, 5.74) is 0.395. The van der Waals surface area contributed by atoms with Crippen LogP contribution < -0.4 is 14.8 Å². The third-order valence-electron chi connectivity index (χ3n) is 5.11. The Morgan fingerprint density at radius 2 is 1.72 bits per heavy atom. The van der Waals surface area contributed by atoms with Gasteiger partial charge >= 0.3 is 5.97 Å². The molecule has 8 nitrogen and oxygen atoms in total. The maximum Gasteiger partial charge on any atom is 0.328 e. The van der Waals surface area contributed by atoms with Crippen LogP contribution in [0.5, 0.6) is 17.2 Å². The number of amides is 1. The van der Waals surface area contributed by atoms with Crippen LogP contribution in [0.4, 0.5) is 4.39 Å². The summed E-state index contributed by atoms with van der Waals surface area (Å²) >= 11 is 0. The maximum absolute atomic E-state index is 14.2. The van der Waals surface area contributed by atoms with Gasteiger partial charge in [0.15, 0.2) is 28.8 Å². The normalized spacial score (nSPS) is 13.8. The van der Waals surface area contributed by atoms with Crippen LogP contribution in [0.1, 0.15) is 49.7 Å². The SMILES string of the molecule is COc1ccc([C@H](C(C)C)[C@H](C)OC(=O)[C@H](C)NC(=O)c2nccc(OC)c2O)cc1F. The van der Waals surface area contributed by atoms with E-state index in [0.717, 1.165) is 0 Å². The Hall–Kier alpha value is -3.36. The molecule has 0 aliphatic heterocycles. The first-order valence-corrected chi connectivity index (χ1v) is 10.2. The van der Waals surface area contributed by atoms with Crippen molar-refractivity contribution in [2.24, 2.45) is 5.92 Å². The molecule has 0 unspecified atom stereocenters. The molecule has 0 saturated heterocycles. The number of carbonyl (C=O) groups is 2. The average Bonchev–Trinajstić information content (AvgIpc) is 2.73. The van der Waals surface area contributed by atoms with Crippen molar-refractivity contribution in [3.05, 3.63) is 47.5 Å². The van der Waals surface area contributed by atoms with Gasteiger partial charge < -0.3 is 24.6 Å². The van der Waals surface area contributed by atoms with Crippen molar-refractivity contribution in [3.8, 4) is 17.2 Å². The number of hydrogen-bond donors (Lipinski definition) is 2. The van der Waals surface area contributed by atoms with Gasteiger partial charge in [-0.15, -0.1) is 0 Å². The molecule has 1 aromatic carbocycles. The number of halogens is 1. The topological polar surface area (TPSA) is 107 Å². The monoisotopic (exact) mass is 448 g/mol. The van der Waals surface area contributed by atoms with Crippen molar-refractivity contribution >= 4 is 11.9 Å². The highest BCUT2D eigenvalue weighted by Crippen LogP contribution is 2.32. The Morgan fingerprint density at radius 1 is 1.06 bits per heavy atom. The second kappa shape index (κ2) is 10.8. The van der Waals surface area contributed by atoms with E-state index in [4.69, 9.17) is 14.2 Å². The molecule has 174 valence electrons. The molecular formula is C23H29FN2O6. The fraction of sp³-hybridized carbons (Fsp3) is 0.435. The first-order chi connectivity index (χ1) is 15.1. The summed E-state index contributed by atoms with van der Waals surface area (Å²) in [6.07, 6.45) is 0.706. The Kier molecular flexibility index (Phi) is 8.40. The van der Waals surface area contributed by atoms with Crippen LogP contribution in [0.3, 0.4) is 0 Å². The summed E-state index contributed by atoms with van der Waals surface area (Å²) in [7, 11) is 2.73. The van der Waals surface area contributed by atoms with E-state index in [-0.39, 0.29) is 29.0 Å². The van der Waals surface area contributed by atoms with Crippen LogP contribution in [0.25, 0.3) is 0 Å². The fourth-order valence-electron chi connectivity index (χ4n) is 3.54. The lowest BCUT2D eigenvalue weighted by Crippen LogP contribution is -2.42. The van der Waals surface area contributed by atoms with Gasteiger partial charge in [0.25, 0.3) is 5.91 Å². The number of nitrogens with zero attached hydrogens (tertiary/aromatic N) is 1. The standard InChI is InChI=1S/C23H29FN2O6/c1-12(2)19(15-7-8-17(30-5)16(24)11-15)14(4)32-23(29)13(3)26-22(28)20-21(27)18(31-6)9-10-25-20/h7-14,19,27H,1-6H3,(H,26,28)/t13-,14-,19+/m0/s1. The van der Waals surface area contributed by atoms with E-state index in [1.165, 1.54) is 45.5 Å². The van der Waals surface area contributed by atoms with Crippen LogP contribution >= 0.6 is 0 Å². The number of methoxy groups -OCH3 is 2. The molecule has 1 aromatic heterocycles. The summed E-state index contributed by atoms with van der Waals surface area (Å²) in [5, 5.41) is 12.5. The molecule has 0 aliphatic rings. The average molecular weight is 448 g/mol. The number of carbonyl (C=O) groups excluding carboxylic acids is 2. The van der Waals surface area contributed by atoms with Gasteiger partial charge in [-0.3, -0.25) is 4.79 Å². The highest BCUT2D eigenvalue weighted by atomic mass is 19.1. The summed E-state index contributed by atoms with van der Waals surface area (Å²) < 4.78 is 29.7. The zero-order valence-corrected chi connectivity index (χ0v) is 19.0.